The van der Waals surface area contributed by atoms with E-state index in [0.717, 1.165) is 14.7 Å². The molecule has 21 heavy (non-hydrogen) atoms. The number of aryl methyl sites for hydroxylation is 1. The number of benzene rings is 3. The van der Waals surface area contributed by atoms with Gasteiger partial charge in [0, 0.05) is 8.59 Å². The average Bonchev–Trinajstić information content (AvgIpc) is 2.49. The number of alkyl halides is 1. The van der Waals surface area contributed by atoms with Crippen LogP contribution in [0.25, 0.3) is 10.8 Å². The van der Waals surface area contributed by atoms with Crippen molar-refractivity contribution in [3.8, 4) is 0 Å². The molecule has 0 saturated heterocycles. The van der Waals surface area contributed by atoms with Gasteiger partial charge in [0.1, 0.15) is 0 Å². The number of hydrogen-bond donors (Lipinski definition) is 0. The summed E-state index contributed by atoms with van der Waals surface area (Å²) in [5.74, 6) is 0. The van der Waals surface area contributed by atoms with Crippen LogP contribution in [0, 0.1) is 10.5 Å². The summed E-state index contributed by atoms with van der Waals surface area (Å²) >= 11 is 15.3. The van der Waals surface area contributed by atoms with Crippen LogP contribution in [0.2, 0.25) is 5.02 Å². The summed E-state index contributed by atoms with van der Waals surface area (Å²) in [6, 6.07) is 18.5. The molecule has 0 heterocycles. The minimum atomic E-state index is -0.207. The van der Waals surface area contributed by atoms with E-state index in [1.807, 2.05) is 24.3 Å². The highest BCUT2D eigenvalue weighted by molar-refractivity contribution is 14.1. The van der Waals surface area contributed by atoms with Gasteiger partial charge in [-0.15, -0.1) is 11.6 Å². The quantitative estimate of drug-likeness (QED) is 0.314. The second kappa shape index (κ2) is 6.15. The number of hydrogen-bond acceptors (Lipinski definition) is 0. The lowest BCUT2D eigenvalue weighted by Gasteiger charge is -2.18. The van der Waals surface area contributed by atoms with E-state index in [0.29, 0.717) is 5.02 Å². The molecule has 0 nitrogen and oxygen atoms in total. The van der Waals surface area contributed by atoms with Gasteiger partial charge in [-0.2, -0.15) is 0 Å². The highest BCUT2D eigenvalue weighted by atomic mass is 127. The van der Waals surface area contributed by atoms with Crippen LogP contribution in [0.4, 0.5) is 0 Å². The Kier molecular flexibility index (Phi) is 4.43. The number of fused-ring (bicyclic) bond motifs is 1. The number of rotatable bonds is 2. The van der Waals surface area contributed by atoms with Crippen molar-refractivity contribution >= 4 is 56.6 Å². The van der Waals surface area contributed by atoms with E-state index >= 15 is 0 Å². The first kappa shape index (κ1) is 15.1. The molecule has 0 fully saturated rings. The fraction of sp³-hybridized carbons (Fsp3) is 0.111. The summed E-state index contributed by atoms with van der Waals surface area (Å²) in [6.07, 6.45) is 0. The zero-order valence-corrected chi connectivity index (χ0v) is 15.1. The molecule has 0 aliphatic heterocycles. The molecule has 3 rings (SSSR count). The van der Waals surface area contributed by atoms with Crippen molar-refractivity contribution < 1.29 is 0 Å². The van der Waals surface area contributed by atoms with Crippen molar-refractivity contribution in [2.45, 2.75) is 12.3 Å². The predicted molar refractivity (Wildman–Crippen MR) is 101 cm³/mol. The molecule has 0 radical (unpaired) electrons. The average molecular weight is 427 g/mol. The van der Waals surface area contributed by atoms with E-state index in [1.165, 1.54) is 16.3 Å². The SMILES string of the molecule is Cc1ccc2ccccc2c1C(Cl)c1cc(Cl)ccc1I. The molecule has 0 aliphatic rings. The first-order chi connectivity index (χ1) is 10.1. The lowest BCUT2D eigenvalue weighted by atomic mass is 9.94. The molecule has 1 unspecified atom stereocenters. The van der Waals surface area contributed by atoms with E-state index in [4.69, 9.17) is 23.2 Å². The largest absolute Gasteiger partial charge is 0.113 e. The smallest absolute Gasteiger partial charge is 0.0854 e. The number of halogens is 3. The normalized spacial score (nSPS) is 12.6. The molecule has 0 aliphatic carbocycles. The van der Waals surface area contributed by atoms with Gasteiger partial charge in [0.25, 0.3) is 0 Å². The molecule has 0 amide bonds. The second-order valence-corrected chi connectivity index (χ2v) is 7.08. The fourth-order valence-electron chi connectivity index (χ4n) is 2.61. The third kappa shape index (κ3) is 2.92. The third-order valence-electron chi connectivity index (χ3n) is 3.67. The Hall–Kier alpha value is -0.770. The molecular weight excluding hydrogens is 414 g/mol. The Morgan fingerprint density at radius 3 is 2.57 bits per heavy atom. The van der Waals surface area contributed by atoms with Gasteiger partial charge in [-0.25, -0.2) is 0 Å². The van der Waals surface area contributed by atoms with Gasteiger partial charge < -0.3 is 0 Å². The maximum absolute atomic E-state index is 6.83. The van der Waals surface area contributed by atoms with E-state index < -0.39 is 0 Å². The third-order valence-corrected chi connectivity index (χ3v) is 5.34. The fourth-order valence-corrected chi connectivity index (χ4v) is 4.09. The van der Waals surface area contributed by atoms with E-state index in [9.17, 15) is 0 Å². The molecule has 106 valence electrons. The van der Waals surface area contributed by atoms with Gasteiger partial charge in [0.15, 0.2) is 0 Å². The molecule has 0 bridgehead atoms. The van der Waals surface area contributed by atoms with E-state index in [2.05, 4.69) is 59.8 Å². The van der Waals surface area contributed by atoms with E-state index in [-0.39, 0.29) is 5.38 Å². The standard InChI is InChI=1S/C18H13Cl2I/c1-11-6-7-12-4-2-3-5-14(12)17(11)18(20)15-10-13(19)8-9-16(15)21/h2-10,18H,1H3. The van der Waals surface area contributed by atoms with Crippen LogP contribution in [0.5, 0.6) is 0 Å². The van der Waals surface area contributed by atoms with Crippen molar-refractivity contribution in [1.29, 1.82) is 0 Å². The molecule has 3 aromatic carbocycles. The lowest BCUT2D eigenvalue weighted by molar-refractivity contribution is 1.12. The molecule has 3 aromatic rings. The highest BCUT2D eigenvalue weighted by Crippen LogP contribution is 2.38. The van der Waals surface area contributed by atoms with Crippen molar-refractivity contribution in [3.63, 3.8) is 0 Å². The van der Waals surface area contributed by atoms with Crippen molar-refractivity contribution in [3.05, 3.63) is 79.9 Å². The van der Waals surface area contributed by atoms with Gasteiger partial charge in [-0.05, 0) is 75.2 Å². The van der Waals surface area contributed by atoms with Crippen LogP contribution >= 0.6 is 45.8 Å². The zero-order chi connectivity index (χ0) is 15.0. The first-order valence-corrected chi connectivity index (χ1v) is 8.54. The minimum absolute atomic E-state index is 0.207. The van der Waals surface area contributed by atoms with Crippen molar-refractivity contribution in [2.24, 2.45) is 0 Å². The Balaban J connectivity index is 2.24. The summed E-state index contributed by atoms with van der Waals surface area (Å²) in [7, 11) is 0. The second-order valence-electron chi connectivity index (χ2n) is 5.05. The van der Waals surface area contributed by atoms with Gasteiger partial charge in [-0.1, -0.05) is 48.0 Å². The maximum Gasteiger partial charge on any atom is 0.0854 e. The van der Waals surface area contributed by atoms with Crippen LogP contribution in [0.15, 0.2) is 54.6 Å². The van der Waals surface area contributed by atoms with Gasteiger partial charge in [0.05, 0.1) is 5.38 Å². The summed E-state index contributed by atoms with van der Waals surface area (Å²) in [5, 5.41) is 2.92. The Labute approximate surface area is 148 Å². The summed E-state index contributed by atoms with van der Waals surface area (Å²) in [6.45, 7) is 2.11. The van der Waals surface area contributed by atoms with Crippen molar-refractivity contribution in [2.75, 3.05) is 0 Å². The van der Waals surface area contributed by atoms with Gasteiger partial charge in [0.2, 0.25) is 0 Å². The lowest BCUT2D eigenvalue weighted by Crippen LogP contribution is -2.00. The predicted octanol–water partition coefficient (Wildman–Crippen LogP) is 6.73. The van der Waals surface area contributed by atoms with Gasteiger partial charge in [-0.3, -0.25) is 0 Å². The topological polar surface area (TPSA) is 0 Å². The van der Waals surface area contributed by atoms with Crippen molar-refractivity contribution in [1.82, 2.24) is 0 Å². The van der Waals surface area contributed by atoms with Crippen LogP contribution < -0.4 is 0 Å². The molecule has 0 N–H and O–H groups in total. The monoisotopic (exact) mass is 426 g/mol. The zero-order valence-electron chi connectivity index (χ0n) is 11.4. The summed E-state index contributed by atoms with van der Waals surface area (Å²) in [5.41, 5.74) is 3.42. The van der Waals surface area contributed by atoms with Gasteiger partial charge >= 0.3 is 0 Å². The minimum Gasteiger partial charge on any atom is -0.113 e. The summed E-state index contributed by atoms with van der Waals surface area (Å²) < 4.78 is 1.13. The Bertz CT molecular complexity index is 811. The Morgan fingerprint density at radius 2 is 1.76 bits per heavy atom. The highest BCUT2D eigenvalue weighted by Gasteiger charge is 2.19. The van der Waals surface area contributed by atoms with Crippen LogP contribution in [-0.2, 0) is 0 Å². The molecule has 1 atom stereocenters. The maximum atomic E-state index is 6.83. The molecule has 0 saturated carbocycles. The van der Waals surface area contributed by atoms with Crippen LogP contribution in [0.1, 0.15) is 22.1 Å². The molecular formula is C18H13Cl2I. The van der Waals surface area contributed by atoms with Crippen LogP contribution in [-0.4, -0.2) is 0 Å². The summed E-state index contributed by atoms with van der Waals surface area (Å²) in [4.78, 5) is 0. The van der Waals surface area contributed by atoms with E-state index in [1.54, 1.807) is 0 Å². The molecule has 0 spiro atoms. The Morgan fingerprint density at radius 1 is 1.00 bits per heavy atom. The molecule has 3 heteroatoms. The molecule has 0 aromatic heterocycles. The first-order valence-electron chi connectivity index (χ1n) is 6.65. The van der Waals surface area contributed by atoms with Crippen LogP contribution in [0.3, 0.4) is 0 Å².